The number of likely N-dealkylation sites (tertiary alicyclic amines) is 2. The zero-order valence-electron chi connectivity index (χ0n) is 15.2. The Labute approximate surface area is 144 Å². The Morgan fingerprint density at radius 3 is 2.21 bits per heavy atom. The molecule has 0 aromatic carbocycles. The van der Waals surface area contributed by atoms with Gasteiger partial charge in [0.1, 0.15) is 0 Å². The molecule has 2 amide bonds. The summed E-state index contributed by atoms with van der Waals surface area (Å²) in [5.74, 6) is -1.22. The van der Waals surface area contributed by atoms with Gasteiger partial charge in [0, 0.05) is 31.6 Å². The molecular weight excluding hydrogens is 308 g/mol. The zero-order valence-corrected chi connectivity index (χ0v) is 15.2. The van der Waals surface area contributed by atoms with Crippen molar-refractivity contribution in [2.75, 3.05) is 26.2 Å². The van der Waals surface area contributed by atoms with Gasteiger partial charge in [-0.1, -0.05) is 27.7 Å². The van der Waals surface area contributed by atoms with Gasteiger partial charge in [-0.3, -0.25) is 14.4 Å². The summed E-state index contributed by atoms with van der Waals surface area (Å²) in [6.45, 7) is 9.74. The van der Waals surface area contributed by atoms with Crippen molar-refractivity contribution in [1.82, 2.24) is 9.80 Å². The molecule has 0 bridgehead atoms. The van der Waals surface area contributed by atoms with Crippen LogP contribution in [0.25, 0.3) is 0 Å². The predicted molar refractivity (Wildman–Crippen MR) is 90.2 cm³/mol. The van der Waals surface area contributed by atoms with Crippen LogP contribution >= 0.6 is 0 Å². The van der Waals surface area contributed by atoms with Gasteiger partial charge >= 0.3 is 5.97 Å². The summed E-state index contributed by atoms with van der Waals surface area (Å²) in [5, 5.41) is 9.28. The summed E-state index contributed by atoms with van der Waals surface area (Å²) in [5.41, 5.74) is -0.445. The number of carboxylic acids is 1. The van der Waals surface area contributed by atoms with E-state index in [4.69, 9.17) is 0 Å². The maximum atomic E-state index is 12.9. The highest BCUT2D eigenvalue weighted by Gasteiger charge is 2.38. The zero-order chi connectivity index (χ0) is 18.1. The van der Waals surface area contributed by atoms with E-state index in [1.54, 1.807) is 9.80 Å². The van der Waals surface area contributed by atoms with Gasteiger partial charge in [-0.15, -0.1) is 0 Å². The van der Waals surface area contributed by atoms with Gasteiger partial charge in [-0.05, 0) is 25.2 Å². The molecule has 3 unspecified atom stereocenters. The molecule has 3 atom stereocenters. The summed E-state index contributed by atoms with van der Waals surface area (Å²) < 4.78 is 0. The molecule has 0 aromatic heterocycles. The van der Waals surface area contributed by atoms with Crippen molar-refractivity contribution in [3.63, 3.8) is 0 Å². The fourth-order valence-corrected chi connectivity index (χ4v) is 3.81. The van der Waals surface area contributed by atoms with Gasteiger partial charge in [-0.25, -0.2) is 0 Å². The Morgan fingerprint density at radius 2 is 1.62 bits per heavy atom. The summed E-state index contributed by atoms with van der Waals surface area (Å²) >= 11 is 0. The van der Waals surface area contributed by atoms with Crippen molar-refractivity contribution in [3.05, 3.63) is 0 Å². The molecule has 24 heavy (non-hydrogen) atoms. The van der Waals surface area contributed by atoms with Crippen LogP contribution in [0.4, 0.5) is 0 Å². The number of carboxylic acid groups (broad SMARTS) is 1. The minimum absolute atomic E-state index is 0.0132. The predicted octanol–water partition coefficient (Wildman–Crippen LogP) is 1.84. The smallest absolute Gasteiger partial charge is 0.308 e. The van der Waals surface area contributed by atoms with Crippen molar-refractivity contribution in [2.24, 2.45) is 23.2 Å². The number of amides is 2. The summed E-state index contributed by atoms with van der Waals surface area (Å²) in [6.07, 6.45) is 2.22. The molecule has 136 valence electrons. The van der Waals surface area contributed by atoms with Crippen LogP contribution in [0.15, 0.2) is 0 Å². The third-order valence-corrected chi connectivity index (χ3v) is 5.02. The van der Waals surface area contributed by atoms with Crippen molar-refractivity contribution in [3.8, 4) is 0 Å². The topological polar surface area (TPSA) is 77.9 Å². The Hall–Kier alpha value is -1.59. The number of rotatable bonds is 2. The number of piperidine rings is 2. The third-order valence-electron chi connectivity index (χ3n) is 5.02. The molecule has 2 fully saturated rings. The molecule has 0 radical (unpaired) electrons. The maximum absolute atomic E-state index is 12.9. The van der Waals surface area contributed by atoms with Crippen molar-refractivity contribution >= 4 is 17.8 Å². The standard InChI is InChI=1S/C18H30N2O4/c1-12-8-14(16(22)23)11-20(9-12)15(21)13-6-5-7-19(10-13)17(24)18(2,3)4/h12-14H,5-11H2,1-4H3,(H,22,23). The first-order valence-corrected chi connectivity index (χ1v) is 8.90. The molecule has 0 aliphatic carbocycles. The lowest BCUT2D eigenvalue weighted by Crippen LogP contribution is -2.52. The fraction of sp³-hybridized carbons (Fsp3) is 0.833. The molecule has 1 N–H and O–H groups in total. The van der Waals surface area contributed by atoms with Crippen LogP contribution in [0, 0.1) is 23.2 Å². The second-order valence-corrected chi connectivity index (χ2v) is 8.46. The van der Waals surface area contributed by atoms with E-state index in [0.29, 0.717) is 32.6 Å². The van der Waals surface area contributed by atoms with E-state index in [0.717, 1.165) is 12.8 Å². The molecule has 2 rings (SSSR count). The van der Waals surface area contributed by atoms with E-state index in [1.165, 1.54) is 0 Å². The van der Waals surface area contributed by atoms with Gasteiger partial charge in [0.25, 0.3) is 0 Å². The Kier molecular flexibility index (Phi) is 5.56. The van der Waals surface area contributed by atoms with Gasteiger partial charge < -0.3 is 14.9 Å². The monoisotopic (exact) mass is 338 g/mol. The average Bonchev–Trinajstić information content (AvgIpc) is 2.52. The molecule has 0 saturated carbocycles. The van der Waals surface area contributed by atoms with Crippen LogP contribution < -0.4 is 0 Å². The Bertz CT molecular complexity index is 512. The maximum Gasteiger partial charge on any atom is 0.308 e. The fourth-order valence-electron chi connectivity index (χ4n) is 3.81. The first-order chi connectivity index (χ1) is 11.1. The Balaban J connectivity index is 2.03. The molecule has 2 aliphatic heterocycles. The number of nitrogens with zero attached hydrogens (tertiary/aromatic N) is 2. The van der Waals surface area contributed by atoms with Crippen molar-refractivity contribution in [2.45, 2.75) is 47.0 Å². The van der Waals surface area contributed by atoms with E-state index in [2.05, 4.69) is 0 Å². The normalized spacial score (nSPS) is 28.6. The van der Waals surface area contributed by atoms with Crippen LogP contribution in [0.3, 0.4) is 0 Å². The van der Waals surface area contributed by atoms with Gasteiger partial charge in [-0.2, -0.15) is 0 Å². The van der Waals surface area contributed by atoms with Crippen LogP contribution in [0.5, 0.6) is 0 Å². The molecule has 0 aromatic rings. The lowest BCUT2D eigenvalue weighted by Gasteiger charge is -2.40. The van der Waals surface area contributed by atoms with Crippen LogP contribution in [-0.4, -0.2) is 58.9 Å². The number of hydrogen-bond acceptors (Lipinski definition) is 3. The first kappa shape index (κ1) is 18.7. The van der Waals surface area contributed by atoms with Crippen molar-refractivity contribution < 1.29 is 19.5 Å². The first-order valence-electron chi connectivity index (χ1n) is 8.90. The van der Waals surface area contributed by atoms with Crippen molar-refractivity contribution in [1.29, 1.82) is 0 Å². The molecule has 6 heteroatoms. The summed E-state index contributed by atoms with van der Waals surface area (Å²) in [7, 11) is 0. The van der Waals surface area contributed by atoms with E-state index >= 15 is 0 Å². The van der Waals surface area contributed by atoms with Crippen LogP contribution in [0.2, 0.25) is 0 Å². The quantitative estimate of drug-likeness (QED) is 0.833. The number of aliphatic carboxylic acids is 1. The minimum Gasteiger partial charge on any atom is -0.481 e. The second kappa shape index (κ2) is 7.11. The van der Waals surface area contributed by atoms with E-state index in [1.807, 2.05) is 27.7 Å². The highest BCUT2D eigenvalue weighted by molar-refractivity contribution is 5.84. The number of hydrogen-bond donors (Lipinski definition) is 1. The van der Waals surface area contributed by atoms with Gasteiger partial charge in [0.15, 0.2) is 0 Å². The van der Waals surface area contributed by atoms with Crippen LogP contribution in [0.1, 0.15) is 47.0 Å². The summed E-state index contributed by atoms with van der Waals surface area (Å²) in [4.78, 5) is 40.2. The molecule has 2 heterocycles. The molecular formula is C18H30N2O4. The molecule has 2 saturated heterocycles. The third kappa shape index (κ3) is 4.28. The second-order valence-electron chi connectivity index (χ2n) is 8.46. The average molecular weight is 338 g/mol. The number of carbonyl (C=O) groups is 3. The van der Waals surface area contributed by atoms with E-state index in [9.17, 15) is 19.5 Å². The highest BCUT2D eigenvalue weighted by atomic mass is 16.4. The number of carbonyl (C=O) groups excluding carboxylic acids is 2. The summed E-state index contributed by atoms with van der Waals surface area (Å²) in [6, 6.07) is 0. The molecule has 2 aliphatic rings. The van der Waals surface area contributed by atoms with E-state index < -0.39 is 17.3 Å². The lowest BCUT2D eigenvalue weighted by molar-refractivity contribution is -0.150. The largest absolute Gasteiger partial charge is 0.481 e. The SMILES string of the molecule is CC1CC(C(=O)O)CN(C(=O)C2CCCN(C(=O)C(C)(C)C)C2)C1. The van der Waals surface area contributed by atoms with Crippen LogP contribution in [-0.2, 0) is 14.4 Å². The lowest BCUT2D eigenvalue weighted by atomic mass is 9.87. The van der Waals surface area contributed by atoms with Gasteiger partial charge in [0.2, 0.25) is 11.8 Å². The molecule has 0 spiro atoms. The van der Waals surface area contributed by atoms with E-state index in [-0.39, 0.29) is 23.7 Å². The minimum atomic E-state index is -0.826. The van der Waals surface area contributed by atoms with Gasteiger partial charge in [0.05, 0.1) is 11.8 Å². The highest BCUT2D eigenvalue weighted by Crippen LogP contribution is 2.28. The Morgan fingerprint density at radius 1 is 1.00 bits per heavy atom. The molecule has 6 nitrogen and oxygen atoms in total.